The largest absolute Gasteiger partial charge is 0.314 e. The molecule has 0 saturated heterocycles. The van der Waals surface area contributed by atoms with Crippen LogP contribution in [0, 0.1) is 17.0 Å². The molecule has 19 heavy (non-hydrogen) atoms. The van der Waals surface area contributed by atoms with E-state index in [4.69, 9.17) is 0 Å². The second kappa shape index (κ2) is 6.62. The van der Waals surface area contributed by atoms with Gasteiger partial charge >= 0.3 is 0 Å². The first-order chi connectivity index (χ1) is 8.79. The Balaban J connectivity index is 2.98. The van der Waals surface area contributed by atoms with Crippen LogP contribution in [-0.4, -0.2) is 12.6 Å². The minimum absolute atomic E-state index is 0.0994. The maximum atomic E-state index is 14.0. The highest BCUT2D eigenvalue weighted by Crippen LogP contribution is 2.29. The van der Waals surface area contributed by atoms with Crippen LogP contribution in [-0.2, 0) is 6.42 Å². The van der Waals surface area contributed by atoms with Gasteiger partial charge in [0, 0.05) is 23.6 Å². The van der Waals surface area contributed by atoms with Crippen LogP contribution in [0.2, 0.25) is 0 Å². The summed E-state index contributed by atoms with van der Waals surface area (Å²) in [5.74, 6) is -1.05. The van der Waals surface area contributed by atoms with Crippen LogP contribution in [0.3, 0.4) is 0 Å². The number of rotatable bonds is 6. The Hall–Kier alpha value is -0.740. The molecule has 1 atom stereocenters. The molecule has 1 aromatic carbocycles. The summed E-state index contributed by atoms with van der Waals surface area (Å²) in [7, 11) is 0. The number of hydrogen-bond acceptors (Lipinski definition) is 1. The Bertz CT molecular complexity index is 460. The summed E-state index contributed by atoms with van der Waals surface area (Å²) in [5.41, 5.74) is -0.297. The maximum Gasteiger partial charge on any atom is 0.143 e. The van der Waals surface area contributed by atoms with Gasteiger partial charge in [-0.3, -0.25) is 0 Å². The molecule has 0 aliphatic heterocycles. The van der Waals surface area contributed by atoms with E-state index in [9.17, 15) is 8.78 Å². The molecule has 0 aromatic heterocycles. The first-order valence-electron chi connectivity index (χ1n) is 6.28. The third-order valence-electron chi connectivity index (χ3n) is 3.13. The predicted molar refractivity (Wildman–Crippen MR) is 79.2 cm³/mol. The van der Waals surface area contributed by atoms with Crippen molar-refractivity contribution in [2.24, 2.45) is 5.41 Å². The van der Waals surface area contributed by atoms with Crippen molar-refractivity contribution < 1.29 is 8.78 Å². The number of benzene rings is 1. The van der Waals surface area contributed by atoms with Gasteiger partial charge in [0.25, 0.3) is 0 Å². The van der Waals surface area contributed by atoms with E-state index in [1.165, 1.54) is 12.1 Å². The lowest BCUT2D eigenvalue weighted by molar-refractivity contribution is 0.361. The maximum absolute atomic E-state index is 14.0. The van der Waals surface area contributed by atoms with Crippen LogP contribution in [0.1, 0.15) is 26.3 Å². The molecule has 106 valence electrons. The minimum atomic E-state index is -0.530. The fourth-order valence-corrected chi connectivity index (χ4v) is 2.15. The van der Waals surface area contributed by atoms with Gasteiger partial charge in [-0.15, -0.1) is 6.58 Å². The summed E-state index contributed by atoms with van der Waals surface area (Å²) in [6.07, 6.45) is 2.02. The van der Waals surface area contributed by atoms with Crippen molar-refractivity contribution in [3.8, 4) is 0 Å². The lowest BCUT2D eigenvalue weighted by Gasteiger charge is -2.28. The Labute approximate surface area is 122 Å². The molecule has 0 saturated carbocycles. The molecular formula is C15H20BrF2N. The van der Waals surface area contributed by atoms with Crippen molar-refractivity contribution in [3.05, 3.63) is 46.5 Å². The zero-order valence-corrected chi connectivity index (χ0v) is 13.2. The van der Waals surface area contributed by atoms with E-state index in [1.807, 2.05) is 20.8 Å². The van der Waals surface area contributed by atoms with Gasteiger partial charge in [0.05, 0.1) is 4.47 Å². The summed E-state index contributed by atoms with van der Waals surface area (Å²) >= 11 is 3.09. The summed E-state index contributed by atoms with van der Waals surface area (Å²) in [6.45, 7) is 10.4. The standard InChI is InChI=1S/C15H20BrF2N/c1-5-15(4,9-19-10(2)3)8-11-13(17)7-6-12(16)14(11)18/h5-7,10,19H,1,8-9H2,2-4H3. The fraction of sp³-hybridized carbons (Fsp3) is 0.467. The minimum Gasteiger partial charge on any atom is -0.314 e. The van der Waals surface area contributed by atoms with Gasteiger partial charge in [-0.1, -0.05) is 26.8 Å². The number of hydrogen-bond donors (Lipinski definition) is 1. The average molecular weight is 332 g/mol. The Morgan fingerprint density at radius 2 is 2.05 bits per heavy atom. The van der Waals surface area contributed by atoms with E-state index in [1.54, 1.807) is 6.08 Å². The fourth-order valence-electron chi connectivity index (χ4n) is 1.78. The third kappa shape index (κ3) is 4.39. The molecule has 4 heteroatoms. The summed E-state index contributed by atoms with van der Waals surface area (Å²) in [5, 5.41) is 3.28. The summed E-state index contributed by atoms with van der Waals surface area (Å²) < 4.78 is 28.1. The molecule has 0 aliphatic rings. The Morgan fingerprint density at radius 1 is 1.42 bits per heavy atom. The molecule has 1 unspecified atom stereocenters. The van der Waals surface area contributed by atoms with Crippen molar-refractivity contribution in [2.75, 3.05) is 6.54 Å². The zero-order chi connectivity index (χ0) is 14.6. The average Bonchev–Trinajstić information content (AvgIpc) is 2.37. The zero-order valence-electron chi connectivity index (χ0n) is 11.6. The molecule has 0 fully saturated rings. The Morgan fingerprint density at radius 3 is 2.58 bits per heavy atom. The monoisotopic (exact) mass is 331 g/mol. The predicted octanol–water partition coefficient (Wildman–Crippen LogP) is 4.46. The number of halogens is 3. The van der Waals surface area contributed by atoms with Crippen LogP contribution in [0.5, 0.6) is 0 Å². The SMILES string of the molecule is C=CC(C)(CNC(C)C)Cc1c(F)ccc(Br)c1F. The molecule has 0 aliphatic carbocycles. The number of nitrogens with one attached hydrogen (secondary N) is 1. The summed E-state index contributed by atoms with van der Waals surface area (Å²) in [6, 6.07) is 2.98. The molecule has 1 aromatic rings. The van der Waals surface area contributed by atoms with Crippen molar-refractivity contribution in [1.29, 1.82) is 0 Å². The van der Waals surface area contributed by atoms with Gasteiger partial charge < -0.3 is 5.32 Å². The lowest BCUT2D eigenvalue weighted by Crippen LogP contribution is -2.36. The van der Waals surface area contributed by atoms with Crippen molar-refractivity contribution in [2.45, 2.75) is 33.2 Å². The molecule has 0 bridgehead atoms. The highest BCUT2D eigenvalue weighted by Gasteiger charge is 2.25. The molecule has 0 radical (unpaired) electrons. The summed E-state index contributed by atoms with van der Waals surface area (Å²) in [4.78, 5) is 0. The van der Waals surface area contributed by atoms with Gasteiger partial charge in [0.2, 0.25) is 0 Å². The first-order valence-corrected chi connectivity index (χ1v) is 7.08. The lowest BCUT2D eigenvalue weighted by atomic mass is 9.83. The van der Waals surface area contributed by atoms with Gasteiger partial charge in [-0.2, -0.15) is 0 Å². The molecule has 0 spiro atoms. The van der Waals surface area contributed by atoms with E-state index in [0.717, 1.165) is 0 Å². The van der Waals surface area contributed by atoms with Crippen molar-refractivity contribution in [3.63, 3.8) is 0 Å². The second-order valence-electron chi connectivity index (χ2n) is 5.39. The Kier molecular flexibility index (Phi) is 5.68. The van der Waals surface area contributed by atoms with Crippen LogP contribution >= 0.6 is 15.9 Å². The van der Waals surface area contributed by atoms with Crippen molar-refractivity contribution in [1.82, 2.24) is 5.32 Å². The van der Waals surface area contributed by atoms with Crippen LogP contribution in [0.4, 0.5) is 8.78 Å². The molecule has 0 amide bonds. The molecule has 1 N–H and O–H groups in total. The van der Waals surface area contributed by atoms with Gasteiger partial charge in [-0.05, 0) is 34.5 Å². The molecule has 1 nitrogen and oxygen atoms in total. The van der Waals surface area contributed by atoms with Crippen LogP contribution < -0.4 is 5.32 Å². The molecular weight excluding hydrogens is 312 g/mol. The van der Waals surface area contributed by atoms with Gasteiger partial charge in [-0.25, -0.2) is 8.78 Å². The van der Waals surface area contributed by atoms with Gasteiger partial charge in [0.15, 0.2) is 0 Å². The van der Waals surface area contributed by atoms with Gasteiger partial charge in [0.1, 0.15) is 11.6 Å². The molecule has 1 rings (SSSR count). The van der Waals surface area contributed by atoms with E-state index >= 15 is 0 Å². The highest BCUT2D eigenvalue weighted by molar-refractivity contribution is 9.10. The van der Waals surface area contributed by atoms with Crippen molar-refractivity contribution >= 4 is 15.9 Å². The highest BCUT2D eigenvalue weighted by atomic mass is 79.9. The third-order valence-corrected chi connectivity index (χ3v) is 3.74. The van der Waals surface area contributed by atoms with E-state index < -0.39 is 17.0 Å². The normalized spacial score (nSPS) is 14.5. The smallest absolute Gasteiger partial charge is 0.143 e. The van der Waals surface area contributed by atoms with E-state index in [0.29, 0.717) is 12.6 Å². The van der Waals surface area contributed by atoms with E-state index in [-0.39, 0.29) is 16.5 Å². The van der Waals surface area contributed by atoms with Crippen LogP contribution in [0.25, 0.3) is 0 Å². The topological polar surface area (TPSA) is 12.0 Å². The first kappa shape index (κ1) is 16.3. The quantitative estimate of drug-likeness (QED) is 0.599. The van der Waals surface area contributed by atoms with Crippen LogP contribution in [0.15, 0.2) is 29.3 Å². The second-order valence-corrected chi connectivity index (χ2v) is 6.25. The van der Waals surface area contributed by atoms with E-state index in [2.05, 4.69) is 27.8 Å². The molecule has 0 heterocycles.